The number of carbonyl (C=O) groups is 2. The van der Waals surface area contributed by atoms with E-state index in [4.69, 9.17) is 0 Å². The molecular weight excluding hydrogens is 250 g/mol. The van der Waals surface area contributed by atoms with Gasteiger partial charge in [-0.25, -0.2) is 4.98 Å². The number of aromatic nitrogens is 1. The first-order valence-corrected chi connectivity index (χ1v) is 6.73. The molecule has 1 aromatic rings. The molecule has 100 valence electrons. The molecule has 0 aliphatic carbocycles. The third kappa shape index (κ3) is 4.10. The predicted octanol–water partition coefficient (Wildman–Crippen LogP) is 1.44. The van der Waals surface area contributed by atoms with Gasteiger partial charge >= 0.3 is 0 Å². The van der Waals surface area contributed by atoms with Gasteiger partial charge in [0.15, 0.2) is 0 Å². The maximum atomic E-state index is 11.9. The number of aryl methyl sites for hydroxylation is 1. The molecule has 0 aliphatic heterocycles. The number of hydrogen-bond acceptors (Lipinski definition) is 4. The Morgan fingerprint density at radius 1 is 1.28 bits per heavy atom. The summed E-state index contributed by atoms with van der Waals surface area (Å²) < 4.78 is 0. The van der Waals surface area contributed by atoms with Gasteiger partial charge in [-0.15, -0.1) is 11.3 Å². The number of carbonyl (C=O) groups excluding carboxylic acids is 2. The molecule has 1 rings (SSSR count). The Hall–Kier alpha value is -1.43. The van der Waals surface area contributed by atoms with Crippen LogP contribution < -0.4 is 10.6 Å². The summed E-state index contributed by atoms with van der Waals surface area (Å²) in [7, 11) is 0. The van der Waals surface area contributed by atoms with Crippen LogP contribution in [0.1, 0.15) is 47.1 Å². The first kappa shape index (κ1) is 14.6. The summed E-state index contributed by atoms with van der Waals surface area (Å²) in [5, 5.41) is 6.36. The molecule has 0 saturated heterocycles. The van der Waals surface area contributed by atoms with Crippen LogP contribution in [0.5, 0.6) is 0 Å². The fourth-order valence-corrected chi connectivity index (χ4v) is 2.36. The SMILES string of the molecule is CC(=O)NCCNC(=O)c1sc(C(C)C)nc1C. The topological polar surface area (TPSA) is 71.1 Å². The van der Waals surface area contributed by atoms with Crippen LogP contribution in [0.15, 0.2) is 0 Å². The Balaban J connectivity index is 2.53. The van der Waals surface area contributed by atoms with Gasteiger partial charge in [0.25, 0.3) is 5.91 Å². The quantitative estimate of drug-likeness (QED) is 0.795. The van der Waals surface area contributed by atoms with E-state index in [1.54, 1.807) is 0 Å². The summed E-state index contributed by atoms with van der Waals surface area (Å²) >= 11 is 1.43. The lowest BCUT2D eigenvalue weighted by Crippen LogP contribution is -2.33. The first-order valence-electron chi connectivity index (χ1n) is 5.91. The highest BCUT2D eigenvalue weighted by atomic mass is 32.1. The van der Waals surface area contributed by atoms with Crippen molar-refractivity contribution in [2.45, 2.75) is 33.6 Å². The molecule has 0 atom stereocenters. The Bertz CT molecular complexity index is 441. The molecule has 0 aliphatic rings. The molecule has 2 N–H and O–H groups in total. The van der Waals surface area contributed by atoms with Gasteiger partial charge in [-0.3, -0.25) is 9.59 Å². The second-order valence-electron chi connectivity index (χ2n) is 4.36. The third-order valence-electron chi connectivity index (χ3n) is 2.30. The Kier molecular flexibility index (Phi) is 5.27. The van der Waals surface area contributed by atoms with Crippen molar-refractivity contribution in [3.63, 3.8) is 0 Å². The van der Waals surface area contributed by atoms with E-state index in [9.17, 15) is 9.59 Å². The summed E-state index contributed by atoms with van der Waals surface area (Å²) in [6, 6.07) is 0. The van der Waals surface area contributed by atoms with E-state index in [2.05, 4.69) is 29.5 Å². The standard InChI is InChI=1S/C12H19N3O2S/c1-7(2)12-15-8(3)10(18-12)11(17)14-6-5-13-9(4)16/h7H,5-6H2,1-4H3,(H,13,16)(H,14,17). The van der Waals surface area contributed by atoms with Crippen molar-refractivity contribution in [3.05, 3.63) is 15.6 Å². The van der Waals surface area contributed by atoms with Crippen LogP contribution in [-0.2, 0) is 4.79 Å². The molecular formula is C12H19N3O2S. The van der Waals surface area contributed by atoms with Crippen LogP contribution >= 0.6 is 11.3 Å². The van der Waals surface area contributed by atoms with E-state index < -0.39 is 0 Å². The van der Waals surface area contributed by atoms with Gasteiger partial charge in [0.1, 0.15) is 4.88 Å². The van der Waals surface area contributed by atoms with Crippen molar-refractivity contribution in [3.8, 4) is 0 Å². The summed E-state index contributed by atoms with van der Waals surface area (Å²) in [4.78, 5) is 27.6. The number of nitrogens with one attached hydrogen (secondary N) is 2. The molecule has 0 spiro atoms. The Labute approximate surface area is 111 Å². The molecule has 0 bridgehead atoms. The van der Waals surface area contributed by atoms with Crippen LogP contribution in [0.2, 0.25) is 0 Å². The highest BCUT2D eigenvalue weighted by molar-refractivity contribution is 7.13. The second-order valence-corrected chi connectivity index (χ2v) is 5.39. The average Bonchev–Trinajstić information content (AvgIpc) is 2.66. The lowest BCUT2D eigenvalue weighted by Gasteiger charge is -2.04. The van der Waals surface area contributed by atoms with E-state index >= 15 is 0 Å². The average molecular weight is 269 g/mol. The minimum Gasteiger partial charge on any atom is -0.355 e. The van der Waals surface area contributed by atoms with Gasteiger partial charge in [-0.2, -0.15) is 0 Å². The smallest absolute Gasteiger partial charge is 0.263 e. The van der Waals surface area contributed by atoms with E-state index in [1.165, 1.54) is 18.3 Å². The zero-order valence-corrected chi connectivity index (χ0v) is 12.0. The zero-order valence-electron chi connectivity index (χ0n) is 11.2. The van der Waals surface area contributed by atoms with Gasteiger partial charge < -0.3 is 10.6 Å². The van der Waals surface area contributed by atoms with E-state index in [0.29, 0.717) is 23.9 Å². The number of rotatable bonds is 5. The maximum absolute atomic E-state index is 11.9. The molecule has 5 nitrogen and oxygen atoms in total. The fraction of sp³-hybridized carbons (Fsp3) is 0.583. The largest absolute Gasteiger partial charge is 0.355 e. The van der Waals surface area contributed by atoms with Crippen LogP contribution in [0.4, 0.5) is 0 Å². The number of nitrogens with zero attached hydrogens (tertiary/aromatic N) is 1. The minimum atomic E-state index is -0.123. The number of amides is 2. The molecule has 0 fully saturated rings. The summed E-state index contributed by atoms with van der Waals surface area (Å²) in [5.74, 6) is 0.109. The van der Waals surface area contributed by atoms with Crippen molar-refractivity contribution in [1.82, 2.24) is 15.6 Å². The second kappa shape index (κ2) is 6.49. The maximum Gasteiger partial charge on any atom is 0.263 e. The van der Waals surface area contributed by atoms with Gasteiger partial charge in [0.05, 0.1) is 10.7 Å². The van der Waals surface area contributed by atoms with E-state index in [1.807, 2.05) is 6.92 Å². The Morgan fingerprint density at radius 2 is 1.89 bits per heavy atom. The van der Waals surface area contributed by atoms with Gasteiger partial charge in [-0.1, -0.05) is 13.8 Å². The van der Waals surface area contributed by atoms with Gasteiger partial charge in [0.2, 0.25) is 5.91 Å². The van der Waals surface area contributed by atoms with Gasteiger partial charge in [-0.05, 0) is 6.92 Å². The van der Waals surface area contributed by atoms with E-state index in [0.717, 1.165) is 10.7 Å². The van der Waals surface area contributed by atoms with Crippen LogP contribution in [-0.4, -0.2) is 29.9 Å². The normalized spacial score (nSPS) is 10.5. The fourth-order valence-electron chi connectivity index (χ4n) is 1.37. The van der Waals surface area contributed by atoms with Crippen molar-refractivity contribution >= 4 is 23.2 Å². The zero-order chi connectivity index (χ0) is 13.7. The van der Waals surface area contributed by atoms with Crippen LogP contribution in [0, 0.1) is 6.92 Å². The molecule has 6 heteroatoms. The summed E-state index contributed by atoms with van der Waals surface area (Å²) in [5.41, 5.74) is 0.765. The highest BCUT2D eigenvalue weighted by Crippen LogP contribution is 2.24. The minimum absolute atomic E-state index is 0.0969. The van der Waals surface area contributed by atoms with Gasteiger partial charge in [0, 0.05) is 25.9 Å². The van der Waals surface area contributed by atoms with Crippen LogP contribution in [0.3, 0.4) is 0 Å². The van der Waals surface area contributed by atoms with Crippen molar-refractivity contribution < 1.29 is 9.59 Å². The van der Waals surface area contributed by atoms with Crippen LogP contribution in [0.25, 0.3) is 0 Å². The molecule has 2 amide bonds. The molecule has 0 saturated carbocycles. The molecule has 0 aromatic carbocycles. The molecule has 18 heavy (non-hydrogen) atoms. The first-order chi connectivity index (χ1) is 8.41. The number of thiazole rings is 1. The van der Waals surface area contributed by atoms with Crippen molar-refractivity contribution in [2.75, 3.05) is 13.1 Å². The Morgan fingerprint density at radius 3 is 2.39 bits per heavy atom. The van der Waals surface area contributed by atoms with Crippen molar-refractivity contribution in [1.29, 1.82) is 0 Å². The van der Waals surface area contributed by atoms with Crippen molar-refractivity contribution in [2.24, 2.45) is 0 Å². The predicted molar refractivity (Wildman–Crippen MR) is 72.0 cm³/mol. The summed E-state index contributed by atoms with van der Waals surface area (Å²) in [6.45, 7) is 8.26. The lowest BCUT2D eigenvalue weighted by molar-refractivity contribution is -0.118. The number of hydrogen-bond donors (Lipinski definition) is 2. The molecule has 0 unspecified atom stereocenters. The summed E-state index contributed by atoms with van der Waals surface area (Å²) in [6.07, 6.45) is 0. The highest BCUT2D eigenvalue weighted by Gasteiger charge is 2.16. The van der Waals surface area contributed by atoms with E-state index in [-0.39, 0.29) is 11.8 Å². The molecule has 1 heterocycles. The monoisotopic (exact) mass is 269 g/mol. The molecule has 1 aromatic heterocycles. The molecule has 0 radical (unpaired) electrons. The lowest BCUT2D eigenvalue weighted by atomic mass is 10.2. The third-order valence-corrected chi connectivity index (χ3v) is 3.75.